The molecule has 0 amide bonds. The average Bonchev–Trinajstić information content (AvgIpc) is 3.09. The Morgan fingerprint density at radius 2 is 1.85 bits per heavy atom. The quantitative estimate of drug-likeness (QED) is 0.649. The van der Waals surface area contributed by atoms with Crippen molar-refractivity contribution in [3.63, 3.8) is 0 Å². The van der Waals surface area contributed by atoms with Crippen LogP contribution in [0.15, 0.2) is 59.8 Å². The summed E-state index contributed by atoms with van der Waals surface area (Å²) in [4.78, 5) is 0.0546. The van der Waals surface area contributed by atoms with E-state index in [1.807, 2.05) is 18.2 Å². The summed E-state index contributed by atoms with van der Waals surface area (Å²) in [6.07, 6.45) is 3.04. The van der Waals surface area contributed by atoms with Crippen LogP contribution in [0.4, 0.5) is 5.69 Å². The van der Waals surface area contributed by atoms with Crippen LogP contribution in [0.2, 0.25) is 5.02 Å². The first-order chi connectivity index (χ1) is 12.9. The standard InChI is InChI=1S/C18H18ClN3O4S/c1-25-17-8-7-15(9-18(17)26-2)27(23,24)21-14-10-20-22(12-14)11-13-5-3-4-6-16(13)19/h3-10,12,21H,11H2,1-2H3. The van der Waals surface area contributed by atoms with Gasteiger partial charge in [0.25, 0.3) is 10.0 Å². The molecule has 0 saturated heterocycles. The lowest BCUT2D eigenvalue weighted by molar-refractivity contribution is 0.354. The maximum atomic E-state index is 12.6. The summed E-state index contributed by atoms with van der Waals surface area (Å²) in [5.74, 6) is 0.777. The zero-order valence-corrected chi connectivity index (χ0v) is 16.3. The van der Waals surface area contributed by atoms with Gasteiger partial charge in [0.15, 0.2) is 11.5 Å². The maximum Gasteiger partial charge on any atom is 0.262 e. The first-order valence-corrected chi connectivity index (χ1v) is 9.80. The number of halogens is 1. The molecule has 1 heterocycles. The highest BCUT2D eigenvalue weighted by Gasteiger charge is 2.18. The number of benzene rings is 2. The van der Waals surface area contributed by atoms with Crippen molar-refractivity contribution in [2.75, 3.05) is 18.9 Å². The lowest BCUT2D eigenvalue weighted by Gasteiger charge is -2.10. The Labute approximate surface area is 162 Å². The van der Waals surface area contributed by atoms with Crippen molar-refractivity contribution in [3.8, 4) is 11.5 Å². The van der Waals surface area contributed by atoms with E-state index in [0.29, 0.717) is 28.8 Å². The van der Waals surface area contributed by atoms with Crippen molar-refractivity contribution in [2.24, 2.45) is 0 Å². The third-order valence-corrected chi connectivity index (χ3v) is 5.59. The molecule has 0 unspecified atom stereocenters. The Morgan fingerprint density at radius 3 is 2.56 bits per heavy atom. The highest BCUT2D eigenvalue weighted by atomic mass is 35.5. The number of anilines is 1. The van der Waals surface area contributed by atoms with Gasteiger partial charge in [0.1, 0.15) is 0 Å². The van der Waals surface area contributed by atoms with Crippen LogP contribution in [0.3, 0.4) is 0 Å². The van der Waals surface area contributed by atoms with E-state index >= 15 is 0 Å². The number of methoxy groups -OCH3 is 2. The largest absolute Gasteiger partial charge is 0.493 e. The van der Waals surface area contributed by atoms with E-state index in [4.69, 9.17) is 21.1 Å². The molecule has 3 rings (SSSR count). The summed E-state index contributed by atoms with van der Waals surface area (Å²) in [6, 6.07) is 11.8. The van der Waals surface area contributed by atoms with Gasteiger partial charge in [-0.05, 0) is 23.8 Å². The SMILES string of the molecule is COc1ccc(S(=O)(=O)Nc2cnn(Cc3ccccc3Cl)c2)cc1OC. The normalized spacial score (nSPS) is 11.2. The number of rotatable bonds is 7. The second kappa shape index (κ2) is 7.89. The van der Waals surface area contributed by atoms with Crippen LogP contribution < -0.4 is 14.2 Å². The Kier molecular flexibility index (Phi) is 5.57. The molecule has 0 aliphatic heterocycles. The molecule has 0 fully saturated rings. The molecular weight excluding hydrogens is 390 g/mol. The fourth-order valence-corrected chi connectivity index (χ4v) is 3.74. The molecule has 9 heteroatoms. The summed E-state index contributed by atoms with van der Waals surface area (Å²) < 4.78 is 39.6. The third-order valence-electron chi connectivity index (χ3n) is 3.84. The van der Waals surface area contributed by atoms with Crippen LogP contribution in [0, 0.1) is 0 Å². The predicted molar refractivity (Wildman–Crippen MR) is 103 cm³/mol. The minimum absolute atomic E-state index is 0.0546. The molecule has 27 heavy (non-hydrogen) atoms. The summed E-state index contributed by atoms with van der Waals surface area (Å²) in [7, 11) is -0.875. The number of aromatic nitrogens is 2. The van der Waals surface area contributed by atoms with Crippen molar-refractivity contribution in [3.05, 3.63) is 65.4 Å². The number of nitrogens with zero attached hydrogens (tertiary/aromatic N) is 2. The van der Waals surface area contributed by atoms with Gasteiger partial charge in [0, 0.05) is 17.3 Å². The molecule has 0 atom stereocenters. The third kappa shape index (κ3) is 4.35. The van der Waals surface area contributed by atoms with Crippen molar-refractivity contribution in [2.45, 2.75) is 11.4 Å². The fraction of sp³-hybridized carbons (Fsp3) is 0.167. The molecule has 2 aromatic carbocycles. The van der Waals surface area contributed by atoms with Crippen LogP contribution in [-0.4, -0.2) is 32.4 Å². The van der Waals surface area contributed by atoms with E-state index in [-0.39, 0.29) is 4.90 Å². The van der Waals surface area contributed by atoms with Gasteiger partial charge in [-0.25, -0.2) is 8.42 Å². The minimum atomic E-state index is -3.80. The molecule has 0 saturated carbocycles. The van der Waals surface area contributed by atoms with Crippen LogP contribution >= 0.6 is 11.6 Å². The number of hydrogen-bond donors (Lipinski definition) is 1. The molecule has 142 valence electrons. The predicted octanol–water partition coefficient (Wildman–Crippen LogP) is 3.40. The molecule has 7 nitrogen and oxygen atoms in total. The number of nitrogens with one attached hydrogen (secondary N) is 1. The molecular formula is C18H18ClN3O4S. The van der Waals surface area contributed by atoms with Gasteiger partial charge in [-0.15, -0.1) is 0 Å². The van der Waals surface area contributed by atoms with Gasteiger partial charge in [0.05, 0.1) is 37.5 Å². The Balaban J connectivity index is 1.79. The lowest BCUT2D eigenvalue weighted by Crippen LogP contribution is -2.12. The number of sulfonamides is 1. The molecule has 0 radical (unpaired) electrons. The molecule has 0 aliphatic rings. The molecule has 1 N–H and O–H groups in total. The minimum Gasteiger partial charge on any atom is -0.493 e. The van der Waals surface area contributed by atoms with Crippen molar-refractivity contribution in [1.82, 2.24) is 9.78 Å². The van der Waals surface area contributed by atoms with Crippen molar-refractivity contribution in [1.29, 1.82) is 0 Å². The van der Waals surface area contributed by atoms with Crippen LogP contribution in [0.1, 0.15) is 5.56 Å². The number of hydrogen-bond acceptors (Lipinski definition) is 5. The Bertz CT molecular complexity index is 1050. The van der Waals surface area contributed by atoms with Gasteiger partial charge in [-0.2, -0.15) is 5.10 Å². The van der Waals surface area contributed by atoms with Gasteiger partial charge < -0.3 is 9.47 Å². The van der Waals surface area contributed by atoms with Gasteiger partial charge in [-0.3, -0.25) is 9.40 Å². The van der Waals surface area contributed by atoms with E-state index < -0.39 is 10.0 Å². The van der Waals surface area contributed by atoms with Crippen LogP contribution in [-0.2, 0) is 16.6 Å². The topological polar surface area (TPSA) is 82.5 Å². The van der Waals surface area contributed by atoms with E-state index in [9.17, 15) is 8.42 Å². The maximum absolute atomic E-state index is 12.6. The summed E-state index contributed by atoms with van der Waals surface area (Å²) in [5.41, 5.74) is 1.23. The molecule has 0 spiro atoms. The zero-order chi connectivity index (χ0) is 19.4. The first kappa shape index (κ1) is 19.1. The molecule has 0 aliphatic carbocycles. The van der Waals surface area contributed by atoms with Crippen LogP contribution in [0.5, 0.6) is 11.5 Å². The Morgan fingerprint density at radius 1 is 1.11 bits per heavy atom. The second-order valence-corrected chi connectivity index (χ2v) is 7.73. The summed E-state index contributed by atoms with van der Waals surface area (Å²) >= 11 is 6.15. The molecule has 3 aromatic rings. The van der Waals surface area contributed by atoms with Gasteiger partial charge >= 0.3 is 0 Å². The number of ether oxygens (including phenoxy) is 2. The zero-order valence-electron chi connectivity index (χ0n) is 14.7. The van der Waals surface area contributed by atoms with E-state index in [1.165, 1.54) is 38.6 Å². The summed E-state index contributed by atoms with van der Waals surface area (Å²) in [6.45, 7) is 0.428. The van der Waals surface area contributed by atoms with E-state index in [0.717, 1.165) is 5.56 Å². The van der Waals surface area contributed by atoms with Crippen molar-refractivity contribution >= 4 is 27.3 Å². The van der Waals surface area contributed by atoms with Gasteiger partial charge in [-0.1, -0.05) is 29.8 Å². The monoisotopic (exact) mass is 407 g/mol. The summed E-state index contributed by atoms with van der Waals surface area (Å²) in [5, 5.41) is 4.80. The molecule has 0 bridgehead atoms. The van der Waals surface area contributed by atoms with E-state index in [2.05, 4.69) is 9.82 Å². The fourth-order valence-electron chi connectivity index (χ4n) is 2.50. The lowest BCUT2D eigenvalue weighted by atomic mass is 10.2. The highest BCUT2D eigenvalue weighted by Crippen LogP contribution is 2.30. The first-order valence-electron chi connectivity index (χ1n) is 7.93. The average molecular weight is 408 g/mol. The highest BCUT2D eigenvalue weighted by molar-refractivity contribution is 7.92. The van der Waals surface area contributed by atoms with E-state index in [1.54, 1.807) is 16.9 Å². The Hall–Kier alpha value is -2.71. The molecule has 1 aromatic heterocycles. The van der Waals surface area contributed by atoms with Gasteiger partial charge in [0.2, 0.25) is 0 Å². The second-order valence-electron chi connectivity index (χ2n) is 5.64. The van der Waals surface area contributed by atoms with Crippen LogP contribution in [0.25, 0.3) is 0 Å². The smallest absolute Gasteiger partial charge is 0.262 e. The van der Waals surface area contributed by atoms with Crippen molar-refractivity contribution < 1.29 is 17.9 Å².